The monoisotopic (exact) mass is 438 g/mol. The lowest BCUT2D eigenvalue weighted by Gasteiger charge is -2.16. The van der Waals surface area contributed by atoms with Gasteiger partial charge in [-0.05, 0) is 25.0 Å². The first kappa shape index (κ1) is 19.9. The van der Waals surface area contributed by atoms with Gasteiger partial charge in [0.25, 0.3) is 0 Å². The number of imidazole rings is 1. The first-order valence-electron chi connectivity index (χ1n) is 10.2. The number of hydrogen-bond acceptors (Lipinski definition) is 6. The van der Waals surface area contributed by atoms with E-state index in [1.54, 1.807) is 19.6 Å². The van der Waals surface area contributed by atoms with Gasteiger partial charge in [0.15, 0.2) is 17.3 Å². The van der Waals surface area contributed by atoms with E-state index in [2.05, 4.69) is 10.3 Å². The molecule has 1 fully saturated rings. The predicted molar refractivity (Wildman–Crippen MR) is 121 cm³/mol. The highest BCUT2D eigenvalue weighted by molar-refractivity contribution is 6.33. The summed E-state index contributed by atoms with van der Waals surface area (Å²) < 4.78 is 19.1. The molecule has 2 aromatic carbocycles. The Morgan fingerprint density at radius 2 is 2.16 bits per heavy atom. The lowest BCUT2D eigenvalue weighted by molar-refractivity contribution is 0.165. The number of anilines is 2. The molecule has 3 heterocycles. The number of ether oxygens (including phenoxy) is 3. The number of hydrogen-bond donors (Lipinski definition) is 1. The normalized spacial score (nSPS) is 16.2. The molecule has 1 saturated heterocycles. The summed E-state index contributed by atoms with van der Waals surface area (Å²) >= 11 is 6.43. The second kappa shape index (κ2) is 8.24. The number of rotatable bonds is 6. The van der Waals surface area contributed by atoms with Gasteiger partial charge in [0, 0.05) is 24.7 Å². The smallest absolute Gasteiger partial charge is 0.163 e. The van der Waals surface area contributed by atoms with Crippen molar-refractivity contribution in [3.63, 3.8) is 0 Å². The van der Waals surface area contributed by atoms with Crippen LogP contribution in [0.25, 0.3) is 16.6 Å². The van der Waals surface area contributed by atoms with Gasteiger partial charge in [0.1, 0.15) is 5.52 Å². The molecule has 1 aliphatic heterocycles. The Morgan fingerprint density at radius 3 is 2.94 bits per heavy atom. The Morgan fingerprint density at radius 1 is 1.26 bits per heavy atom. The van der Waals surface area contributed by atoms with Gasteiger partial charge in [-0.25, -0.2) is 9.97 Å². The number of para-hydroxylation sites is 1. The van der Waals surface area contributed by atoms with Gasteiger partial charge in [0.05, 0.1) is 54.6 Å². The van der Waals surface area contributed by atoms with Crippen LogP contribution in [-0.2, 0) is 4.74 Å². The van der Waals surface area contributed by atoms with Gasteiger partial charge >= 0.3 is 0 Å². The molecule has 1 atom stereocenters. The zero-order valence-corrected chi connectivity index (χ0v) is 18.1. The fourth-order valence-corrected chi connectivity index (χ4v) is 4.13. The molecule has 0 amide bonds. The van der Waals surface area contributed by atoms with Crippen molar-refractivity contribution in [1.29, 1.82) is 0 Å². The van der Waals surface area contributed by atoms with Crippen LogP contribution in [0.1, 0.15) is 12.0 Å². The van der Waals surface area contributed by atoms with E-state index in [1.165, 1.54) is 0 Å². The van der Waals surface area contributed by atoms with E-state index < -0.39 is 0 Å². The van der Waals surface area contributed by atoms with Crippen molar-refractivity contribution < 1.29 is 14.2 Å². The first-order valence-corrected chi connectivity index (χ1v) is 10.6. The van der Waals surface area contributed by atoms with E-state index in [-0.39, 0.29) is 0 Å². The Hall–Kier alpha value is -3.03. The van der Waals surface area contributed by atoms with Gasteiger partial charge in [-0.2, -0.15) is 0 Å². The highest BCUT2D eigenvalue weighted by Crippen LogP contribution is 2.36. The van der Waals surface area contributed by atoms with Crippen LogP contribution in [-0.4, -0.2) is 41.3 Å². The molecule has 0 radical (unpaired) electrons. The quantitative estimate of drug-likeness (QED) is 0.456. The minimum absolute atomic E-state index is 0.393. The fourth-order valence-electron chi connectivity index (χ4n) is 3.86. The van der Waals surface area contributed by atoms with E-state index in [1.807, 2.05) is 41.7 Å². The minimum Gasteiger partial charge on any atom is -0.493 e. The van der Waals surface area contributed by atoms with Crippen molar-refractivity contribution in [2.45, 2.75) is 13.3 Å². The Kier molecular flexibility index (Phi) is 5.29. The van der Waals surface area contributed by atoms with E-state index >= 15 is 0 Å². The lowest BCUT2D eigenvalue weighted by Crippen LogP contribution is -2.12. The van der Waals surface area contributed by atoms with Crippen molar-refractivity contribution >= 4 is 39.7 Å². The van der Waals surface area contributed by atoms with Gasteiger partial charge in [-0.3, -0.25) is 4.40 Å². The SMILES string of the molecule is COc1cc2c(cc1OCC1CCOC1)nc(Nc1c(C)cccc1Cl)c1cncn12. The van der Waals surface area contributed by atoms with Crippen LogP contribution in [0, 0.1) is 12.8 Å². The average Bonchev–Trinajstić information content (AvgIpc) is 3.46. The molecule has 2 aromatic heterocycles. The molecule has 0 saturated carbocycles. The summed E-state index contributed by atoms with van der Waals surface area (Å²) in [6.07, 6.45) is 4.55. The largest absolute Gasteiger partial charge is 0.493 e. The molecule has 0 bridgehead atoms. The highest BCUT2D eigenvalue weighted by Gasteiger charge is 2.19. The zero-order valence-electron chi connectivity index (χ0n) is 17.4. The fraction of sp³-hybridized carbons (Fsp3) is 0.304. The molecule has 1 unspecified atom stereocenters. The summed E-state index contributed by atoms with van der Waals surface area (Å²) in [4.78, 5) is 9.21. The molecule has 0 aliphatic carbocycles. The topological polar surface area (TPSA) is 69.9 Å². The zero-order chi connectivity index (χ0) is 21.4. The van der Waals surface area contributed by atoms with Crippen molar-refractivity contribution in [2.24, 2.45) is 5.92 Å². The maximum absolute atomic E-state index is 6.43. The van der Waals surface area contributed by atoms with Crippen LogP contribution < -0.4 is 14.8 Å². The van der Waals surface area contributed by atoms with Crippen LogP contribution in [0.15, 0.2) is 42.9 Å². The van der Waals surface area contributed by atoms with Crippen molar-refractivity contribution in [3.05, 3.63) is 53.4 Å². The van der Waals surface area contributed by atoms with E-state index in [0.717, 1.165) is 47.4 Å². The van der Waals surface area contributed by atoms with Crippen molar-refractivity contribution in [1.82, 2.24) is 14.4 Å². The minimum atomic E-state index is 0.393. The summed E-state index contributed by atoms with van der Waals surface area (Å²) in [6.45, 7) is 4.11. The molecular weight excluding hydrogens is 416 g/mol. The summed E-state index contributed by atoms with van der Waals surface area (Å²) in [5.74, 6) is 2.38. The molecule has 5 rings (SSSR count). The molecule has 4 aromatic rings. The summed E-state index contributed by atoms with van der Waals surface area (Å²) in [5.41, 5.74) is 4.33. The van der Waals surface area contributed by atoms with Crippen LogP contribution >= 0.6 is 11.6 Å². The molecule has 1 N–H and O–H groups in total. The molecule has 0 spiro atoms. The first-order chi connectivity index (χ1) is 15.1. The van der Waals surface area contributed by atoms with Crippen LogP contribution in [0.5, 0.6) is 11.5 Å². The van der Waals surface area contributed by atoms with Crippen molar-refractivity contribution in [2.75, 3.05) is 32.2 Å². The van der Waals surface area contributed by atoms with Gasteiger partial charge in [0.2, 0.25) is 0 Å². The van der Waals surface area contributed by atoms with E-state index in [9.17, 15) is 0 Å². The number of halogens is 1. The van der Waals surface area contributed by atoms with Gasteiger partial charge < -0.3 is 19.5 Å². The number of nitrogens with one attached hydrogen (secondary N) is 1. The average molecular weight is 439 g/mol. The number of aryl methyl sites for hydroxylation is 1. The van der Waals surface area contributed by atoms with Gasteiger partial charge in [-0.1, -0.05) is 23.7 Å². The number of nitrogens with zero attached hydrogens (tertiary/aromatic N) is 3. The van der Waals surface area contributed by atoms with Gasteiger partial charge in [-0.15, -0.1) is 0 Å². The third-order valence-corrected chi connectivity index (χ3v) is 5.91. The maximum atomic E-state index is 6.43. The second-order valence-electron chi connectivity index (χ2n) is 7.70. The number of methoxy groups -OCH3 is 1. The molecular formula is C23H23ClN4O3. The standard InChI is InChI=1S/C23H23ClN4O3/c1-14-4-3-5-16(24)22(14)27-23-19-10-25-13-28(19)18-9-20(29-2)21(8-17(18)26-23)31-12-15-6-7-30-11-15/h3-5,8-10,13,15H,6-7,11-12H2,1-2H3,(H,26,27). The number of fused-ring (bicyclic) bond motifs is 3. The van der Waals surface area contributed by atoms with E-state index in [4.69, 9.17) is 30.8 Å². The van der Waals surface area contributed by atoms with Crippen LogP contribution in [0.2, 0.25) is 5.02 Å². The number of benzene rings is 2. The van der Waals surface area contributed by atoms with Crippen LogP contribution in [0.4, 0.5) is 11.5 Å². The Balaban J connectivity index is 1.58. The number of aromatic nitrogens is 3. The molecule has 7 nitrogen and oxygen atoms in total. The molecule has 1 aliphatic rings. The van der Waals surface area contributed by atoms with Crippen molar-refractivity contribution in [3.8, 4) is 11.5 Å². The summed E-state index contributed by atoms with van der Waals surface area (Å²) in [6, 6.07) is 9.63. The summed E-state index contributed by atoms with van der Waals surface area (Å²) in [7, 11) is 1.64. The maximum Gasteiger partial charge on any atom is 0.163 e. The molecule has 160 valence electrons. The Labute approximate surface area is 184 Å². The Bertz CT molecular complexity index is 1230. The van der Waals surface area contributed by atoms with Crippen LogP contribution in [0.3, 0.4) is 0 Å². The molecule has 31 heavy (non-hydrogen) atoms. The third-order valence-electron chi connectivity index (χ3n) is 5.60. The highest BCUT2D eigenvalue weighted by atomic mass is 35.5. The molecule has 8 heteroatoms. The predicted octanol–water partition coefficient (Wildman–Crippen LogP) is 5.01. The lowest BCUT2D eigenvalue weighted by atomic mass is 10.1. The summed E-state index contributed by atoms with van der Waals surface area (Å²) in [5, 5.41) is 4.03. The van der Waals surface area contributed by atoms with E-state index in [0.29, 0.717) is 34.9 Å². The third kappa shape index (κ3) is 3.75. The second-order valence-corrected chi connectivity index (χ2v) is 8.11.